The predicted octanol–water partition coefficient (Wildman–Crippen LogP) is 2.82. The number of carbonyl (C=O) groups excluding carboxylic acids is 2. The monoisotopic (exact) mass is 382 g/mol. The average Bonchev–Trinajstić information content (AvgIpc) is 2.71. The van der Waals surface area contributed by atoms with Gasteiger partial charge in [-0.2, -0.15) is 0 Å². The molecule has 0 aliphatic carbocycles. The van der Waals surface area contributed by atoms with Crippen LogP contribution in [0.5, 0.6) is 5.75 Å². The molecule has 1 fully saturated rings. The van der Waals surface area contributed by atoms with E-state index in [1.807, 2.05) is 44.2 Å². The maximum absolute atomic E-state index is 12.4. The number of hydrogen-bond donors (Lipinski definition) is 0. The van der Waals surface area contributed by atoms with E-state index in [2.05, 4.69) is 4.90 Å². The van der Waals surface area contributed by atoms with Crippen molar-refractivity contribution in [1.29, 1.82) is 0 Å². The molecule has 0 N–H and O–H groups in total. The van der Waals surface area contributed by atoms with E-state index in [1.54, 1.807) is 24.1 Å². The Morgan fingerprint density at radius 3 is 2.11 bits per heavy atom. The molecule has 2 aromatic carbocycles. The van der Waals surface area contributed by atoms with Crippen LogP contribution in [-0.4, -0.2) is 56.7 Å². The number of ether oxygens (including phenoxy) is 2. The Balaban J connectivity index is 1.48. The number of methoxy groups -OCH3 is 1. The fraction of sp³-hybridized carbons (Fsp3) is 0.364. The van der Waals surface area contributed by atoms with E-state index in [-0.39, 0.29) is 12.5 Å². The topological polar surface area (TPSA) is 59.1 Å². The summed E-state index contributed by atoms with van der Waals surface area (Å²) in [4.78, 5) is 28.6. The van der Waals surface area contributed by atoms with Gasteiger partial charge in [-0.1, -0.05) is 17.2 Å². The molecule has 0 spiro atoms. The second-order valence-corrected chi connectivity index (χ2v) is 7.02. The van der Waals surface area contributed by atoms with Crippen molar-refractivity contribution >= 4 is 17.6 Å². The van der Waals surface area contributed by atoms with E-state index in [0.29, 0.717) is 18.7 Å². The number of carbonyl (C=O) groups is 2. The van der Waals surface area contributed by atoms with Crippen LogP contribution in [0, 0.1) is 13.8 Å². The number of amides is 1. The first-order chi connectivity index (χ1) is 13.5. The lowest BCUT2D eigenvalue weighted by Crippen LogP contribution is -2.49. The van der Waals surface area contributed by atoms with E-state index in [9.17, 15) is 9.59 Å². The summed E-state index contributed by atoms with van der Waals surface area (Å²) in [6.07, 6.45) is 0. The number of hydrogen-bond acceptors (Lipinski definition) is 5. The van der Waals surface area contributed by atoms with Crippen LogP contribution < -0.4 is 9.64 Å². The summed E-state index contributed by atoms with van der Waals surface area (Å²) in [6.45, 7) is 6.31. The largest absolute Gasteiger partial charge is 0.497 e. The Labute approximate surface area is 165 Å². The minimum absolute atomic E-state index is 0.160. The minimum atomic E-state index is -0.461. The van der Waals surface area contributed by atoms with Gasteiger partial charge in [0.2, 0.25) is 0 Å². The fourth-order valence-corrected chi connectivity index (χ4v) is 3.40. The molecule has 6 heteroatoms. The molecule has 1 aliphatic rings. The Morgan fingerprint density at radius 1 is 0.929 bits per heavy atom. The molecule has 1 saturated heterocycles. The van der Waals surface area contributed by atoms with Gasteiger partial charge in [-0.25, -0.2) is 4.79 Å². The molecule has 6 nitrogen and oxygen atoms in total. The lowest BCUT2D eigenvalue weighted by molar-refractivity contribution is -0.134. The van der Waals surface area contributed by atoms with Crippen LogP contribution in [-0.2, 0) is 9.53 Å². The van der Waals surface area contributed by atoms with Gasteiger partial charge in [0.05, 0.1) is 12.7 Å². The predicted molar refractivity (Wildman–Crippen MR) is 108 cm³/mol. The van der Waals surface area contributed by atoms with Crippen molar-refractivity contribution in [2.24, 2.45) is 0 Å². The average molecular weight is 382 g/mol. The summed E-state index contributed by atoms with van der Waals surface area (Å²) in [5.74, 6) is 0.201. The lowest BCUT2D eigenvalue weighted by atomic mass is 10.1. The van der Waals surface area contributed by atoms with Crippen LogP contribution in [0.3, 0.4) is 0 Å². The quantitative estimate of drug-likeness (QED) is 0.745. The number of nitrogens with zero attached hydrogens (tertiary/aromatic N) is 2. The number of esters is 1. The van der Waals surface area contributed by atoms with Crippen molar-refractivity contribution in [3.05, 3.63) is 59.2 Å². The fourth-order valence-electron chi connectivity index (χ4n) is 3.40. The highest BCUT2D eigenvalue weighted by Crippen LogP contribution is 2.20. The summed E-state index contributed by atoms with van der Waals surface area (Å²) in [5.41, 5.74) is 3.57. The van der Waals surface area contributed by atoms with Crippen molar-refractivity contribution < 1.29 is 19.1 Å². The molecule has 1 heterocycles. The van der Waals surface area contributed by atoms with Gasteiger partial charge in [0, 0.05) is 31.9 Å². The number of benzene rings is 2. The van der Waals surface area contributed by atoms with Crippen molar-refractivity contribution in [2.45, 2.75) is 13.8 Å². The standard InChI is InChI=1S/C22H26N2O4/c1-16-12-17(2)14-18(13-16)22(26)28-15-21(25)24-10-8-23(9-11-24)19-4-6-20(27-3)7-5-19/h4-7,12-14H,8-11,15H2,1-3H3. The van der Waals surface area contributed by atoms with Crippen LogP contribution in [0.15, 0.2) is 42.5 Å². The first kappa shape index (κ1) is 19.7. The van der Waals surface area contributed by atoms with Gasteiger partial charge in [0.1, 0.15) is 5.75 Å². The molecular formula is C22H26N2O4. The Bertz CT molecular complexity index is 820. The van der Waals surface area contributed by atoms with Crippen LogP contribution in [0.2, 0.25) is 0 Å². The van der Waals surface area contributed by atoms with E-state index >= 15 is 0 Å². The maximum Gasteiger partial charge on any atom is 0.338 e. The summed E-state index contributed by atoms with van der Waals surface area (Å²) in [5, 5.41) is 0. The maximum atomic E-state index is 12.4. The van der Waals surface area contributed by atoms with Crippen LogP contribution in [0.4, 0.5) is 5.69 Å². The summed E-state index contributed by atoms with van der Waals surface area (Å²) < 4.78 is 10.4. The zero-order valence-electron chi connectivity index (χ0n) is 16.6. The van der Waals surface area contributed by atoms with Gasteiger partial charge in [-0.15, -0.1) is 0 Å². The lowest BCUT2D eigenvalue weighted by Gasteiger charge is -2.36. The van der Waals surface area contributed by atoms with E-state index in [0.717, 1.165) is 35.7 Å². The zero-order chi connectivity index (χ0) is 20.1. The molecule has 0 atom stereocenters. The molecule has 2 aromatic rings. The van der Waals surface area contributed by atoms with E-state index in [4.69, 9.17) is 9.47 Å². The molecule has 3 rings (SSSR count). The molecular weight excluding hydrogens is 356 g/mol. The summed E-state index contributed by atoms with van der Waals surface area (Å²) in [6, 6.07) is 13.4. The van der Waals surface area contributed by atoms with Crippen molar-refractivity contribution in [1.82, 2.24) is 4.90 Å². The molecule has 148 valence electrons. The van der Waals surface area contributed by atoms with Crippen LogP contribution in [0.1, 0.15) is 21.5 Å². The molecule has 1 amide bonds. The normalized spacial score (nSPS) is 14.0. The number of anilines is 1. The highest BCUT2D eigenvalue weighted by molar-refractivity contribution is 5.91. The van der Waals surface area contributed by atoms with Gasteiger partial charge >= 0.3 is 5.97 Å². The second-order valence-electron chi connectivity index (χ2n) is 7.02. The minimum Gasteiger partial charge on any atom is -0.497 e. The molecule has 0 saturated carbocycles. The smallest absolute Gasteiger partial charge is 0.338 e. The van der Waals surface area contributed by atoms with Crippen molar-refractivity contribution in [3.8, 4) is 5.75 Å². The first-order valence-electron chi connectivity index (χ1n) is 9.38. The van der Waals surface area contributed by atoms with Crippen LogP contribution in [0.25, 0.3) is 0 Å². The van der Waals surface area contributed by atoms with Gasteiger partial charge in [0.15, 0.2) is 6.61 Å². The molecule has 0 radical (unpaired) electrons. The third kappa shape index (κ3) is 4.82. The zero-order valence-corrected chi connectivity index (χ0v) is 16.6. The number of piperazine rings is 1. The van der Waals surface area contributed by atoms with Crippen LogP contribution >= 0.6 is 0 Å². The molecule has 1 aliphatic heterocycles. The third-order valence-electron chi connectivity index (χ3n) is 4.85. The SMILES string of the molecule is COc1ccc(N2CCN(C(=O)COC(=O)c3cc(C)cc(C)c3)CC2)cc1. The molecule has 0 bridgehead atoms. The van der Waals surface area contributed by atoms with Crippen molar-refractivity contribution in [3.63, 3.8) is 0 Å². The van der Waals surface area contributed by atoms with Gasteiger partial charge in [-0.3, -0.25) is 4.79 Å². The Morgan fingerprint density at radius 2 is 1.54 bits per heavy atom. The number of rotatable bonds is 5. The molecule has 0 aromatic heterocycles. The Hall–Kier alpha value is -3.02. The third-order valence-corrected chi connectivity index (χ3v) is 4.85. The highest BCUT2D eigenvalue weighted by atomic mass is 16.5. The number of aryl methyl sites for hydroxylation is 2. The van der Waals surface area contributed by atoms with Crippen molar-refractivity contribution in [2.75, 3.05) is 44.8 Å². The highest BCUT2D eigenvalue weighted by Gasteiger charge is 2.22. The van der Waals surface area contributed by atoms with Gasteiger partial charge in [0.25, 0.3) is 5.91 Å². The van der Waals surface area contributed by atoms with E-state index < -0.39 is 5.97 Å². The molecule has 28 heavy (non-hydrogen) atoms. The van der Waals surface area contributed by atoms with E-state index in [1.165, 1.54) is 0 Å². The molecule has 0 unspecified atom stereocenters. The van der Waals surface area contributed by atoms with Gasteiger partial charge in [-0.05, 0) is 50.2 Å². The van der Waals surface area contributed by atoms with Gasteiger partial charge < -0.3 is 19.3 Å². The second kappa shape index (κ2) is 8.78. The first-order valence-corrected chi connectivity index (χ1v) is 9.38. The Kier molecular flexibility index (Phi) is 6.19. The summed E-state index contributed by atoms with van der Waals surface area (Å²) in [7, 11) is 1.65. The summed E-state index contributed by atoms with van der Waals surface area (Å²) >= 11 is 0.